The molecule has 1 aromatic carbocycles. The number of carbonyl (C=O) groups excluding carboxylic acids is 1. The van der Waals surface area contributed by atoms with Gasteiger partial charge < -0.3 is 24.6 Å². The van der Waals surface area contributed by atoms with E-state index in [1.807, 2.05) is 39.8 Å². The smallest absolute Gasteiger partial charge is 0.410 e. The molecule has 3 fully saturated rings. The summed E-state index contributed by atoms with van der Waals surface area (Å²) in [5.41, 5.74) is -0.0516. The summed E-state index contributed by atoms with van der Waals surface area (Å²) in [4.78, 5) is 29.9. The number of halogens is 2. The van der Waals surface area contributed by atoms with Gasteiger partial charge in [0.15, 0.2) is 17.4 Å². The van der Waals surface area contributed by atoms with Gasteiger partial charge in [-0.15, -0.1) is 0 Å². The van der Waals surface area contributed by atoms with E-state index in [1.165, 1.54) is 18.5 Å². The summed E-state index contributed by atoms with van der Waals surface area (Å²) in [7, 11) is 0. The molecule has 3 aromatic rings. The minimum Gasteiger partial charge on any atom is -0.484 e. The van der Waals surface area contributed by atoms with Crippen molar-refractivity contribution in [3.8, 4) is 5.75 Å². The lowest BCUT2D eigenvalue weighted by Gasteiger charge is -2.35. The molecule has 1 saturated carbocycles. The van der Waals surface area contributed by atoms with Crippen molar-refractivity contribution in [1.82, 2.24) is 19.9 Å². The van der Waals surface area contributed by atoms with E-state index < -0.39 is 22.8 Å². The summed E-state index contributed by atoms with van der Waals surface area (Å²) in [5.74, 6) is -1.23. The van der Waals surface area contributed by atoms with Gasteiger partial charge in [-0.2, -0.15) is 4.39 Å². The van der Waals surface area contributed by atoms with Crippen LogP contribution in [0.3, 0.4) is 0 Å². The second kappa shape index (κ2) is 8.64. The molecule has 1 amide bonds. The largest absolute Gasteiger partial charge is 0.484 e. The van der Waals surface area contributed by atoms with Crippen LogP contribution in [0.25, 0.3) is 11.0 Å². The number of benzene rings is 1. The quantitative estimate of drug-likeness (QED) is 0.488. The minimum absolute atomic E-state index is 0.0349. The van der Waals surface area contributed by atoms with Crippen molar-refractivity contribution in [1.29, 1.82) is 0 Å². The van der Waals surface area contributed by atoms with Crippen molar-refractivity contribution in [3.05, 3.63) is 42.2 Å². The first-order valence-electron chi connectivity index (χ1n) is 12.8. The number of pyridine rings is 1. The van der Waals surface area contributed by atoms with E-state index >= 15 is 0 Å². The van der Waals surface area contributed by atoms with E-state index in [9.17, 15) is 13.6 Å². The number of carbonyl (C=O) groups is 1. The molecule has 2 aromatic heterocycles. The number of nitrogens with one attached hydrogen (secondary N) is 1. The second-order valence-electron chi connectivity index (χ2n) is 11.5. The van der Waals surface area contributed by atoms with Crippen molar-refractivity contribution in [2.24, 2.45) is 0 Å². The molecule has 1 N–H and O–H groups in total. The number of aromatic nitrogens is 3. The van der Waals surface area contributed by atoms with E-state index in [0.29, 0.717) is 29.9 Å². The Bertz CT molecular complexity index is 1420. The summed E-state index contributed by atoms with van der Waals surface area (Å²) in [6, 6.07) is 6.69. The number of rotatable bonds is 5. The number of likely N-dealkylation sites (tertiary alicyclic amines) is 1. The van der Waals surface area contributed by atoms with E-state index in [2.05, 4.69) is 20.2 Å². The zero-order valence-electron chi connectivity index (χ0n) is 21.8. The van der Waals surface area contributed by atoms with E-state index in [4.69, 9.17) is 14.5 Å². The predicted octanol–water partition coefficient (Wildman–Crippen LogP) is 5.18. The molecule has 2 aliphatic heterocycles. The van der Waals surface area contributed by atoms with Crippen molar-refractivity contribution in [2.45, 2.75) is 70.2 Å². The average molecular weight is 525 g/mol. The molecule has 0 spiro atoms. The van der Waals surface area contributed by atoms with Gasteiger partial charge in [-0.1, -0.05) is 0 Å². The van der Waals surface area contributed by atoms with Gasteiger partial charge in [-0.25, -0.2) is 24.1 Å². The third-order valence-electron chi connectivity index (χ3n) is 7.24. The average Bonchev–Trinajstić information content (AvgIpc) is 3.26. The highest BCUT2D eigenvalue weighted by Gasteiger charge is 2.47. The van der Waals surface area contributed by atoms with Crippen molar-refractivity contribution < 1.29 is 23.0 Å². The van der Waals surface area contributed by atoms with Gasteiger partial charge in [0, 0.05) is 13.1 Å². The number of hydrogen-bond donors (Lipinski definition) is 1. The summed E-state index contributed by atoms with van der Waals surface area (Å²) in [5, 5.41) is 2.89. The summed E-state index contributed by atoms with van der Waals surface area (Å²) in [6.07, 6.45) is 3.50. The lowest BCUT2D eigenvalue weighted by Crippen LogP contribution is -2.50. The molecule has 0 radical (unpaired) electrons. The van der Waals surface area contributed by atoms with Gasteiger partial charge in [0.2, 0.25) is 5.82 Å². The Morgan fingerprint density at radius 2 is 1.87 bits per heavy atom. The highest BCUT2D eigenvalue weighted by Crippen LogP contribution is 2.41. The highest BCUT2D eigenvalue weighted by atomic mass is 19.2. The Kier molecular flexibility index (Phi) is 5.59. The van der Waals surface area contributed by atoms with Crippen LogP contribution in [0.2, 0.25) is 0 Å². The Morgan fingerprint density at radius 1 is 1.08 bits per heavy atom. The first-order chi connectivity index (χ1) is 18.0. The number of amides is 1. The lowest BCUT2D eigenvalue weighted by molar-refractivity contribution is 0.0214. The van der Waals surface area contributed by atoms with Crippen LogP contribution in [-0.4, -0.2) is 62.3 Å². The van der Waals surface area contributed by atoms with Crippen molar-refractivity contribution in [3.63, 3.8) is 0 Å². The van der Waals surface area contributed by atoms with Crippen molar-refractivity contribution >= 4 is 34.4 Å². The number of ether oxygens (including phenoxy) is 2. The molecule has 9 nitrogen and oxygen atoms in total. The van der Waals surface area contributed by atoms with Crippen LogP contribution in [-0.2, 0) is 4.74 Å². The molecule has 2 atom stereocenters. The fraction of sp³-hybridized carbons (Fsp3) is 0.481. The minimum atomic E-state index is -1.05. The zero-order valence-corrected chi connectivity index (χ0v) is 21.8. The maximum atomic E-state index is 14.9. The molecule has 3 aliphatic rings. The van der Waals surface area contributed by atoms with E-state index in [1.54, 1.807) is 4.90 Å². The fourth-order valence-corrected chi connectivity index (χ4v) is 5.05. The molecule has 1 aliphatic carbocycles. The first kappa shape index (κ1) is 24.6. The summed E-state index contributed by atoms with van der Waals surface area (Å²) < 4.78 is 40.9. The van der Waals surface area contributed by atoms with Gasteiger partial charge in [-0.3, -0.25) is 0 Å². The monoisotopic (exact) mass is 524 g/mol. The van der Waals surface area contributed by atoms with E-state index in [-0.39, 0.29) is 35.4 Å². The Balaban J connectivity index is 1.23. The topological polar surface area (TPSA) is 92.7 Å². The SMILES string of the molecule is CC(C)(C)OC(=O)N1C[C@@H]2C[C@H]1CN2c1ccc2ncnc(Nc3ccc(OC4(C)CC4)c(F)c3F)c2n1. The molecular weight excluding hydrogens is 494 g/mol. The highest BCUT2D eigenvalue weighted by molar-refractivity contribution is 5.88. The van der Waals surface area contributed by atoms with Crippen LogP contribution < -0.4 is 15.0 Å². The number of anilines is 3. The number of piperazine rings is 1. The maximum absolute atomic E-state index is 14.9. The summed E-state index contributed by atoms with van der Waals surface area (Å²) >= 11 is 0. The third-order valence-corrected chi connectivity index (χ3v) is 7.24. The van der Waals surface area contributed by atoms with Crippen LogP contribution in [0.4, 0.5) is 30.9 Å². The van der Waals surface area contributed by atoms with Crippen LogP contribution in [0.5, 0.6) is 5.75 Å². The Morgan fingerprint density at radius 3 is 2.55 bits per heavy atom. The molecule has 6 rings (SSSR count). The molecule has 0 unspecified atom stereocenters. The van der Waals surface area contributed by atoms with Crippen LogP contribution in [0, 0.1) is 11.6 Å². The van der Waals surface area contributed by atoms with Gasteiger partial charge in [0.05, 0.1) is 23.3 Å². The first-order valence-corrected chi connectivity index (χ1v) is 12.8. The maximum Gasteiger partial charge on any atom is 0.410 e. The Labute approximate surface area is 219 Å². The molecule has 2 saturated heterocycles. The molecular formula is C27H30F2N6O3. The van der Waals surface area contributed by atoms with Gasteiger partial charge >= 0.3 is 6.09 Å². The Hall–Kier alpha value is -3.76. The molecule has 4 heterocycles. The van der Waals surface area contributed by atoms with Gasteiger partial charge in [0.1, 0.15) is 28.9 Å². The summed E-state index contributed by atoms with van der Waals surface area (Å²) in [6.45, 7) is 8.61. The lowest BCUT2D eigenvalue weighted by atomic mass is 10.2. The molecule has 200 valence electrons. The second-order valence-corrected chi connectivity index (χ2v) is 11.5. The molecule has 38 heavy (non-hydrogen) atoms. The number of fused-ring (bicyclic) bond motifs is 3. The molecule has 2 bridgehead atoms. The van der Waals surface area contributed by atoms with E-state index in [0.717, 1.165) is 19.3 Å². The normalized spacial score (nSPS) is 21.6. The van der Waals surface area contributed by atoms with Crippen molar-refractivity contribution in [2.75, 3.05) is 23.3 Å². The van der Waals surface area contributed by atoms with Crippen LogP contribution in [0.15, 0.2) is 30.6 Å². The van der Waals surface area contributed by atoms with Gasteiger partial charge in [-0.05, 0) is 71.2 Å². The zero-order chi connectivity index (χ0) is 26.8. The fourth-order valence-electron chi connectivity index (χ4n) is 5.05. The molecule has 11 heteroatoms. The number of nitrogens with zero attached hydrogens (tertiary/aromatic N) is 5. The van der Waals surface area contributed by atoms with Crippen LogP contribution >= 0.6 is 0 Å². The number of hydrogen-bond acceptors (Lipinski definition) is 8. The predicted molar refractivity (Wildman–Crippen MR) is 138 cm³/mol. The van der Waals surface area contributed by atoms with Gasteiger partial charge in [0.25, 0.3) is 0 Å². The standard InChI is InChI=1S/C27H30F2N6O3/c1-26(2,3)38-25(36)35-13-15-11-16(35)12-34(15)20-8-6-18-23(33-20)24(31-14-30-18)32-17-5-7-19(22(29)21(17)28)37-27(4)9-10-27/h5-8,14-16H,9-13H2,1-4H3,(H,30,31,32)/t15-,16-/m0/s1. The third kappa shape index (κ3) is 4.54. The van der Waals surface area contributed by atoms with Crippen LogP contribution in [0.1, 0.15) is 47.0 Å².